The number of hydrogen-bond donors (Lipinski definition) is 2. The van der Waals surface area contributed by atoms with E-state index in [1.54, 1.807) is 11.0 Å². The average molecular weight is 265 g/mol. The minimum Gasteiger partial charge on any atom is -0.326 e. The van der Waals surface area contributed by atoms with Crippen molar-refractivity contribution in [1.29, 1.82) is 0 Å². The van der Waals surface area contributed by atoms with E-state index in [0.29, 0.717) is 17.2 Å². The molecule has 1 saturated heterocycles. The van der Waals surface area contributed by atoms with Gasteiger partial charge in [-0.2, -0.15) is 0 Å². The first kappa shape index (κ1) is 13.8. The highest BCUT2D eigenvalue weighted by molar-refractivity contribution is 5.90. The molecule has 0 saturated carbocycles. The van der Waals surface area contributed by atoms with Crippen molar-refractivity contribution < 1.29 is 9.18 Å². The molecule has 4 nitrogen and oxygen atoms in total. The van der Waals surface area contributed by atoms with E-state index >= 15 is 0 Å². The van der Waals surface area contributed by atoms with Crippen molar-refractivity contribution >= 4 is 11.7 Å². The maximum absolute atomic E-state index is 13.1. The van der Waals surface area contributed by atoms with Gasteiger partial charge in [-0.15, -0.1) is 0 Å². The highest BCUT2D eigenvalue weighted by Gasteiger charge is 2.21. The summed E-state index contributed by atoms with van der Waals surface area (Å²) in [6, 6.07) is 4.11. The molecule has 0 aromatic heterocycles. The second kappa shape index (κ2) is 6.02. The third-order valence-electron chi connectivity index (χ3n) is 3.47. The van der Waals surface area contributed by atoms with Gasteiger partial charge in [0.15, 0.2) is 0 Å². The van der Waals surface area contributed by atoms with E-state index in [0.717, 1.165) is 25.9 Å². The summed E-state index contributed by atoms with van der Waals surface area (Å²) in [7, 11) is 0. The Kier molecular flexibility index (Phi) is 4.37. The van der Waals surface area contributed by atoms with Crippen molar-refractivity contribution in [2.75, 3.05) is 18.4 Å². The molecule has 1 fully saturated rings. The minimum atomic E-state index is -0.343. The fourth-order valence-corrected chi connectivity index (χ4v) is 2.42. The molecule has 104 valence electrons. The van der Waals surface area contributed by atoms with Gasteiger partial charge in [0.05, 0.1) is 0 Å². The number of likely N-dealkylation sites (tertiary alicyclic amines) is 1. The Labute approximate surface area is 112 Å². The molecule has 2 amide bonds. The molecule has 1 aliphatic rings. The quantitative estimate of drug-likeness (QED) is 0.863. The summed E-state index contributed by atoms with van der Waals surface area (Å²) in [6.45, 7) is 3.88. The van der Waals surface area contributed by atoms with Crippen molar-refractivity contribution in [3.63, 3.8) is 0 Å². The Bertz CT molecular complexity index is 464. The first-order chi connectivity index (χ1) is 9.10. The topological polar surface area (TPSA) is 58.4 Å². The molecule has 19 heavy (non-hydrogen) atoms. The van der Waals surface area contributed by atoms with Gasteiger partial charge in [-0.05, 0) is 42.5 Å². The van der Waals surface area contributed by atoms with E-state index in [4.69, 9.17) is 5.73 Å². The Morgan fingerprint density at radius 1 is 1.58 bits per heavy atom. The van der Waals surface area contributed by atoms with Crippen LogP contribution in [0.5, 0.6) is 0 Å². The van der Waals surface area contributed by atoms with Crippen LogP contribution in [0.3, 0.4) is 0 Å². The van der Waals surface area contributed by atoms with Gasteiger partial charge in [0.25, 0.3) is 0 Å². The lowest BCUT2D eigenvalue weighted by atomic mass is 10.0. The van der Waals surface area contributed by atoms with E-state index in [9.17, 15) is 9.18 Å². The van der Waals surface area contributed by atoms with E-state index in [-0.39, 0.29) is 18.4 Å². The summed E-state index contributed by atoms with van der Waals surface area (Å²) in [4.78, 5) is 13.9. The van der Waals surface area contributed by atoms with Gasteiger partial charge in [0, 0.05) is 25.3 Å². The molecule has 1 aromatic rings. The highest BCUT2D eigenvalue weighted by Crippen LogP contribution is 2.19. The number of halogens is 1. The van der Waals surface area contributed by atoms with Gasteiger partial charge >= 0.3 is 6.03 Å². The van der Waals surface area contributed by atoms with Gasteiger partial charge < -0.3 is 16.0 Å². The molecule has 0 radical (unpaired) electrons. The van der Waals surface area contributed by atoms with Crippen LogP contribution >= 0.6 is 0 Å². The summed E-state index contributed by atoms with van der Waals surface area (Å²) in [6.07, 6.45) is 2.19. The maximum atomic E-state index is 13.1. The number of rotatable bonds is 2. The first-order valence-electron chi connectivity index (χ1n) is 6.64. The predicted molar refractivity (Wildman–Crippen MR) is 73.3 cm³/mol. The van der Waals surface area contributed by atoms with E-state index in [2.05, 4.69) is 12.2 Å². The van der Waals surface area contributed by atoms with Crippen LogP contribution in [-0.4, -0.2) is 24.0 Å². The van der Waals surface area contributed by atoms with Crippen molar-refractivity contribution in [1.82, 2.24) is 4.90 Å². The lowest BCUT2D eigenvalue weighted by molar-refractivity contribution is 0.182. The SMILES string of the molecule is CC1CCCN(C(=O)Nc2ccc(F)cc2CN)C1. The van der Waals surface area contributed by atoms with Gasteiger partial charge in [-0.3, -0.25) is 0 Å². The van der Waals surface area contributed by atoms with E-state index in [1.165, 1.54) is 12.1 Å². The summed E-state index contributed by atoms with van der Waals surface area (Å²) < 4.78 is 13.1. The summed E-state index contributed by atoms with van der Waals surface area (Å²) in [5, 5.41) is 2.82. The number of nitrogens with two attached hydrogens (primary N) is 1. The smallest absolute Gasteiger partial charge is 0.321 e. The zero-order valence-electron chi connectivity index (χ0n) is 11.2. The number of carbonyl (C=O) groups is 1. The Morgan fingerprint density at radius 3 is 3.05 bits per heavy atom. The molecule has 2 rings (SSSR count). The Balaban J connectivity index is 2.06. The van der Waals surface area contributed by atoms with Crippen LogP contribution in [0.25, 0.3) is 0 Å². The lowest BCUT2D eigenvalue weighted by Gasteiger charge is -2.31. The monoisotopic (exact) mass is 265 g/mol. The van der Waals surface area contributed by atoms with Gasteiger partial charge in [-0.1, -0.05) is 6.92 Å². The standard InChI is InChI=1S/C14H20FN3O/c1-10-3-2-6-18(9-10)14(19)17-13-5-4-12(15)7-11(13)8-16/h4-5,7,10H,2-3,6,8-9,16H2,1H3,(H,17,19). The van der Waals surface area contributed by atoms with Gasteiger partial charge in [0.2, 0.25) is 0 Å². The number of carbonyl (C=O) groups excluding carboxylic acids is 1. The normalized spacial score (nSPS) is 19.3. The Hall–Kier alpha value is -1.62. The molecule has 1 aliphatic heterocycles. The molecule has 0 spiro atoms. The molecule has 0 bridgehead atoms. The van der Waals surface area contributed by atoms with Crippen molar-refractivity contribution in [2.45, 2.75) is 26.3 Å². The van der Waals surface area contributed by atoms with Crippen LogP contribution in [0.1, 0.15) is 25.3 Å². The van der Waals surface area contributed by atoms with Gasteiger partial charge in [-0.25, -0.2) is 9.18 Å². The van der Waals surface area contributed by atoms with Crippen LogP contribution in [0.2, 0.25) is 0 Å². The maximum Gasteiger partial charge on any atom is 0.321 e. The number of hydrogen-bond acceptors (Lipinski definition) is 2. The molecule has 1 heterocycles. The summed E-state index contributed by atoms with van der Waals surface area (Å²) >= 11 is 0. The second-order valence-electron chi connectivity index (χ2n) is 5.13. The second-order valence-corrected chi connectivity index (χ2v) is 5.13. The third kappa shape index (κ3) is 3.44. The average Bonchev–Trinajstić information content (AvgIpc) is 2.40. The summed E-state index contributed by atoms with van der Waals surface area (Å²) in [5.41, 5.74) is 6.76. The lowest BCUT2D eigenvalue weighted by Crippen LogP contribution is -2.41. The number of urea groups is 1. The van der Waals surface area contributed by atoms with Crippen LogP contribution in [-0.2, 0) is 6.54 Å². The fraction of sp³-hybridized carbons (Fsp3) is 0.500. The molecular weight excluding hydrogens is 245 g/mol. The fourth-order valence-electron chi connectivity index (χ4n) is 2.42. The predicted octanol–water partition coefficient (Wildman–Crippen LogP) is 2.55. The molecule has 5 heteroatoms. The van der Waals surface area contributed by atoms with Crippen molar-refractivity contribution in [2.24, 2.45) is 11.7 Å². The number of piperidine rings is 1. The Morgan fingerprint density at radius 2 is 2.37 bits per heavy atom. The van der Waals surface area contributed by atoms with Crippen LogP contribution in [0.15, 0.2) is 18.2 Å². The number of nitrogens with one attached hydrogen (secondary N) is 1. The van der Waals surface area contributed by atoms with E-state index < -0.39 is 0 Å². The van der Waals surface area contributed by atoms with Crippen molar-refractivity contribution in [3.8, 4) is 0 Å². The summed E-state index contributed by atoms with van der Waals surface area (Å²) in [5.74, 6) is 0.187. The largest absolute Gasteiger partial charge is 0.326 e. The van der Waals surface area contributed by atoms with Crippen LogP contribution in [0.4, 0.5) is 14.9 Å². The zero-order chi connectivity index (χ0) is 13.8. The van der Waals surface area contributed by atoms with E-state index in [1.807, 2.05) is 0 Å². The molecule has 1 atom stereocenters. The highest BCUT2D eigenvalue weighted by atomic mass is 19.1. The minimum absolute atomic E-state index is 0.132. The number of nitrogens with zero attached hydrogens (tertiary/aromatic N) is 1. The molecule has 3 N–H and O–H groups in total. The van der Waals surface area contributed by atoms with Crippen LogP contribution in [0, 0.1) is 11.7 Å². The zero-order valence-corrected chi connectivity index (χ0v) is 11.2. The van der Waals surface area contributed by atoms with Gasteiger partial charge in [0.1, 0.15) is 5.82 Å². The molecule has 1 aromatic carbocycles. The third-order valence-corrected chi connectivity index (χ3v) is 3.47. The number of anilines is 1. The van der Waals surface area contributed by atoms with Crippen LogP contribution < -0.4 is 11.1 Å². The number of benzene rings is 1. The molecule has 1 unspecified atom stereocenters. The number of amides is 2. The molecular formula is C14H20FN3O. The van der Waals surface area contributed by atoms with Crippen molar-refractivity contribution in [3.05, 3.63) is 29.6 Å². The first-order valence-corrected chi connectivity index (χ1v) is 6.64. The molecule has 0 aliphatic carbocycles.